The zero-order valence-corrected chi connectivity index (χ0v) is 8.55. The van der Waals surface area contributed by atoms with Crippen molar-refractivity contribution in [1.82, 2.24) is 10.2 Å². The molecule has 0 amide bonds. The molecule has 4 nitrogen and oxygen atoms in total. The van der Waals surface area contributed by atoms with Gasteiger partial charge in [0.15, 0.2) is 0 Å². The summed E-state index contributed by atoms with van der Waals surface area (Å²) in [6.07, 6.45) is 0.914. The summed E-state index contributed by atoms with van der Waals surface area (Å²) in [6.45, 7) is 3.45. The van der Waals surface area contributed by atoms with E-state index >= 15 is 0 Å². The molecule has 0 aromatic carbocycles. The minimum absolute atomic E-state index is 0.167. The molecule has 4 heteroatoms. The molecule has 0 aromatic heterocycles. The average molecular weight is 188 g/mol. The van der Waals surface area contributed by atoms with E-state index in [0.29, 0.717) is 6.61 Å². The Kier molecular flexibility index (Phi) is 4.12. The van der Waals surface area contributed by atoms with Gasteiger partial charge in [-0.15, -0.1) is 0 Å². The number of aliphatic hydroxyl groups excluding tert-OH is 1. The van der Waals surface area contributed by atoms with Crippen LogP contribution in [0.25, 0.3) is 0 Å². The van der Waals surface area contributed by atoms with Crippen molar-refractivity contribution in [2.45, 2.75) is 12.0 Å². The van der Waals surface area contributed by atoms with Crippen LogP contribution in [0.5, 0.6) is 0 Å². The SMILES string of the molecule is CN(C)CCNC1(CO)CCOC1. The van der Waals surface area contributed by atoms with Crippen molar-refractivity contribution in [1.29, 1.82) is 0 Å². The molecule has 1 fully saturated rings. The molecule has 13 heavy (non-hydrogen) atoms. The highest BCUT2D eigenvalue weighted by atomic mass is 16.5. The number of aliphatic hydroxyl groups is 1. The number of hydrogen-bond acceptors (Lipinski definition) is 4. The minimum atomic E-state index is -0.171. The summed E-state index contributed by atoms with van der Waals surface area (Å²) in [7, 11) is 4.08. The molecule has 1 saturated heterocycles. The molecule has 0 saturated carbocycles. The summed E-state index contributed by atoms with van der Waals surface area (Å²) >= 11 is 0. The second kappa shape index (κ2) is 4.91. The molecule has 1 aliphatic rings. The van der Waals surface area contributed by atoms with E-state index in [1.54, 1.807) is 0 Å². The Morgan fingerprint density at radius 1 is 1.54 bits per heavy atom. The third kappa shape index (κ3) is 3.23. The van der Waals surface area contributed by atoms with Crippen LogP contribution in [-0.2, 0) is 4.74 Å². The monoisotopic (exact) mass is 188 g/mol. The fraction of sp³-hybridized carbons (Fsp3) is 1.00. The molecule has 0 aliphatic carbocycles. The predicted octanol–water partition coefficient (Wildman–Crippen LogP) is -0.711. The van der Waals surface area contributed by atoms with Crippen molar-refractivity contribution in [3.8, 4) is 0 Å². The van der Waals surface area contributed by atoms with E-state index < -0.39 is 0 Å². The first-order valence-electron chi connectivity index (χ1n) is 4.77. The van der Waals surface area contributed by atoms with Crippen molar-refractivity contribution in [3.05, 3.63) is 0 Å². The van der Waals surface area contributed by atoms with Gasteiger partial charge < -0.3 is 20.1 Å². The molecular weight excluding hydrogens is 168 g/mol. The van der Waals surface area contributed by atoms with E-state index in [-0.39, 0.29) is 12.1 Å². The zero-order chi connectivity index (χ0) is 9.73. The van der Waals surface area contributed by atoms with Gasteiger partial charge in [-0.05, 0) is 20.5 Å². The Morgan fingerprint density at radius 3 is 2.77 bits per heavy atom. The Balaban J connectivity index is 2.23. The number of rotatable bonds is 5. The normalized spacial score (nSPS) is 28.6. The summed E-state index contributed by atoms with van der Waals surface area (Å²) in [5.41, 5.74) is -0.171. The second-order valence-electron chi connectivity index (χ2n) is 3.97. The lowest BCUT2D eigenvalue weighted by atomic mass is 10.0. The highest BCUT2D eigenvalue weighted by molar-refractivity contribution is 4.91. The van der Waals surface area contributed by atoms with Gasteiger partial charge in [-0.3, -0.25) is 0 Å². The van der Waals surface area contributed by atoms with Crippen molar-refractivity contribution < 1.29 is 9.84 Å². The van der Waals surface area contributed by atoms with E-state index in [9.17, 15) is 5.11 Å². The fourth-order valence-corrected chi connectivity index (χ4v) is 1.47. The number of nitrogens with one attached hydrogen (secondary N) is 1. The Bertz CT molecular complexity index is 145. The van der Waals surface area contributed by atoms with Crippen molar-refractivity contribution in [2.75, 3.05) is 47.0 Å². The van der Waals surface area contributed by atoms with Crippen LogP contribution < -0.4 is 5.32 Å². The third-order valence-electron chi connectivity index (χ3n) is 2.46. The molecule has 1 rings (SSSR count). The molecule has 0 radical (unpaired) electrons. The molecule has 0 spiro atoms. The maximum absolute atomic E-state index is 9.23. The largest absolute Gasteiger partial charge is 0.394 e. The molecule has 0 aromatic rings. The van der Waals surface area contributed by atoms with Crippen LogP contribution in [0.3, 0.4) is 0 Å². The standard InChI is InChI=1S/C9H20N2O2/c1-11(2)5-4-10-9(7-12)3-6-13-8-9/h10,12H,3-8H2,1-2H3. The topological polar surface area (TPSA) is 44.7 Å². The van der Waals surface area contributed by atoms with Gasteiger partial charge in [0.25, 0.3) is 0 Å². The van der Waals surface area contributed by atoms with Gasteiger partial charge >= 0.3 is 0 Å². The molecule has 1 unspecified atom stereocenters. The number of hydrogen-bond donors (Lipinski definition) is 2. The molecule has 1 aliphatic heterocycles. The lowest BCUT2D eigenvalue weighted by molar-refractivity contribution is 0.120. The van der Waals surface area contributed by atoms with Crippen molar-refractivity contribution >= 4 is 0 Å². The van der Waals surface area contributed by atoms with Crippen LogP contribution in [0, 0.1) is 0 Å². The van der Waals surface area contributed by atoms with Crippen LogP contribution in [0.1, 0.15) is 6.42 Å². The minimum Gasteiger partial charge on any atom is -0.394 e. The van der Waals surface area contributed by atoms with Crippen LogP contribution in [-0.4, -0.2) is 62.6 Å². The van der Waals surface area contributed by atoms with Gasteiger partial charge in [-0.25, -0.2) is 0 Å². The summed E-state index contributed by atoms with van der Waals surface area (Å²) in [5, 5.41) is 12.6. The fourth-order valence-electron chi connectivity index (χ4n) is 1.47. The maximum atomic E-state index is 9.23. The first kappa shape index (κ1) is 10.9. The molecule has 78 valence electrons. The molecule has 1 heterocycles. The third-order valence-corrected chi connectivity index (χ3v) is 2.46. The van der Waals surface area contributed by atoms with Crippen molar-refractivity contribution in [3.63, 3.8) is 0 Å². The van der Waals surface area contributed by atoms with Gasteiger partial charge in [-0.1, -0.05) is 0 Å². The van der Waals surface area contributed by atoms with Crippen LogP contribution in [0.4, 0.5) is 0 Å². The zero-order valence-electron chi connectivity index (χ0n) is 8.55. The van der Waals surface area contributed by atoms with Gasteiger partial charge in [0.1, 0.15) is 0 Å². The predicted molar refractivity (Wildman–Crippen MR) is 51.8 cm³/mol. The lowest BCUT2D eigenvalue weighted by Gasteiger charge is -2.27. The van der Waals surface area contributed by atoms with Crippen LogP contribution in [0.2, 0.25) is 0 Å². The molecule has 0 bridgehead atoms. The van der Waals surface area contributed by atoms with Gasteiger partial charge in [0.2, 0.25) is 0 Å². The Labute approximate surface area is 79.9 Å². The highest BCUT2D eigenvalue weighted by Gasteiger charge is 2.33. The van der Waals surface area contributed by atoms with E-state index in [4.69, 9.17) is 4.74 Å². The summed E-state index contributed by atoms with van der Waals surface area (Å²) < 4.78 is 5.27. The number of nitrogens with zero attached hydrogens (tertiary/aromatic N) is 1. The molecule has 2 N–H and O–H groups in total. The van der Waals surface area contributed by atoms with Gasteiger partial charge in [-0.2, -0.15) is 0 Å². The first-order chi connectivity index (χ1) is 6.18. The van der Waals surface area contributed by atoms with Crippen LogP contribution >= 0.6 is 0 Å². The molecule has 1 atom stereocenters. The first-order valence-corrected chi connectivity index (χ1v) is 4.77. The van der Waals surface area contributed by atoms with E-state index in [1.807, 2.05) is 14.1 Å². The van der Waals surface area contributed by atoms with Crippen molar-refractivity contribution in [2.24, 2.45) is 0 Å². The summed E-state index contributed by atoms with van der Waals surface area (Å²) in [6, 6.07) is 0. The summed E-state index contributed by atoms with van der Waals surface area (Å²) in [5.74, 6) is 0. The molecular formula is C9H20N2O2. The second-order valence-corrected chi connectivity index (χ2v) is 3.97. The Morgan fingerprint density at radius 2 is 2.31 bits per heavy atom. The smallest absolute Gasteiger partial charge is 0.0673 e. The van der Waals surface area contributed by atoms with E-state index in [2.05, 4.69) is 10.2 Å². The van der Waals surface area contributed by atoms with Gasteiger partial charge in [0, 0.05) is 19.7 Å². The summed E-state index contributed by atoms with van der Waals surface area (Å²) in [4.78, 5) is 2.12. The quantitative estimate of drug-likeness (QED) is 0.598. The maximum Gasteiger partial charge on any atom is 0.0673 e. The lowest BCUT2D eigenvalue weighted by Crippen LogP contribution is -2.51. The van der Waals surface area contributed by atoms with Gasteiger partial charge in [0.05, 0.1) is 18.8 Å². The number of likely N-dealkylation sites (N-methyl/N-ethyl adjacent to an activating group) is 1. The average Bonchev–Trinajstić information content (AvgIpc) is 2.53. The van der Waals surface area contributed by atoms with Crippen LogP contribution in [0.15, 0.2) is 0 Å². The van der Waals surface area contributed by atoms with E-state index in [0.717, 1.165) is 26.1 Å². The number of ether oxygens (including phenoxy) is 1. The highest BCUT2D eigenvalue weighted by Crippen LogP contribution is 2.17. The van der Waals surface area contributed by atoms with E-state index in [1.165, 1.54) is 0 Å². The Hall–Kier alpha value is -0.160.